The second-order valence-corrected chi connectivity index (χ2v) is 5.57. The molecule has 0 radical (unpaired) electrons. The summed E-state index contributed by atoms with van der Waals surface area (Å²) in [4.78, 5) is 31.4. The zero-order valence-electron chi connectivity index (χ0n) is 12.1. The fourth-order valence-corrected chi connectivity index (χ4v) is 2.22. The number of pyridine rings is 1. The lowest BCUT2D eigenvalue weighted by molar-refractivity contribution is -0.132. The number of nitrogens with zero attached hydrogens (tertiary/aromatic N) is 3. The summed E-state index contributed by atoms with van der Waals surface area (Å²) in [5.41, 5.74) is 0.337. The van der Waals surface area contributed by atoms with Gasteiger partial charge in [-0.05, 0) is 28.1 Å². The Morgan fingerprint density at radius 1 is 1.32 bits per heavy atom. The number of halogens is 3. The van der Waals surface area contributed by atoms with Gasteiger partial charge in [0.25, 0.3) is 5.91 Å². The van der Waals surface area contributed by atoms with Gasteiger partial charge < -0.3 is 15.1 Å². The van der Waals surface area contributed by atoms with Crippen molar-refractivity contribution in [1.82, 2.24) is 20.1 Å². The maximum absolute atomic E-state index is 12.1. The van der Waals surface area contributed by atoms with E-state index in [1.807, 2.05) is 0 Å². The SMILES string of the molecule is CN(CC(=O)N1CCNCC1)C(=O)c1ccc(Br)cn1.Cl.Cl. The highest BCUT2D eigenvalue weighted by atomic mass is 79.9. The molecule has 1 aliphatic heterocycles. The Hall–Kier alpha value is -0.890. The Labute approximate surface area is 150 Å². The van der Waals surface area contributed by atoms with Crippen molar-refractivity contribution in [1.29, 1.82) is 0 Å². The van der Waals surface area contributed by atoms with Crippen molar-refractivity contribution in [2.24, 2.45) is 0 Å². The van der Waals surface area contributed by atoms with E-state index in [1.165, 1.54) is 4.90 Å². The average Bonchev–Trinajstić information content (AvgIpc) is 2.48. The van der Waals surface area contributed by atoms with Crippen LogP contribution in [0.2, 0.25) is 0 Å². The molecule has 2 rings (SSSR count). The molecule has 2 heterocycles. The molecule has 9 heteroatoms. The molecule has 0 aliphatic carbocycles. The Bertz CT molecular complexity index is 495. The van der Waals surface area contributed by atoms with Gasteiger partial charge in [0.05, 0.1) is 6.54 Å². The zero-order valence-corrected chi connectivity index (χ0v) is 15.3. The molecule has 1 fully saturated rings. The minimum atomic E-state index is -0.249. The summed E-state index contributed by atoms with van der Waals surface area (Å²) >= 11 is 3.27. The van der Waals surface area contributed by atoms with E-state index in [-0.39, 0.29) is 43.2 Å². The van der Waals surface area contributed by atoms with E-state index in [1.54, 1.807) is 30.3 Å². The number of carbonyl (C=O) groups is 2. The largest absolute Gasteiger partial charge is 0.339 e. The van der Waals surface area contributed by atoms with Gasteiger partial charge in [-0.2, -0.15) is 0 Å². The predicted octanol–water partition coefficient (Wildman–Crippen LogP) is 1.19. The van der Waals surface area contributed by atoms with Gasteiger partial charge in [-0.3, -0.25) is 9.59 Å². The molecule has 22 heavy (non-hydrogen) atoms. The number of amides is 2. The summed E-state index contributed by atoms with van der Waals surface area (Å²) < 4.78 is 0.814. The van der Waals surface area contributed by atoms with Crippen LogP contribution in [-0.4, -0.2) is 66.4 Å². The molecule has 1 aromatic rings. The zero-order chi connectivity index (χ0) is 14.5. The molecular weight excluding hydrogens is 395 g/mol. The summed E-state index contributed by atoms with van der Waals surface area (Å²) in [6.45, 7) is 3.07. The molecule has 1 aliphatic rings. The van der Waals surface area contributed by atoms with E-state index in [0.717, 1.165) is 17.6 Å². The van der Waals surface area contributed by atoms with Crippen molar-refractivity contribution in [2.75, 3.05) is 39.8 Å². The van der Waals surface area contributed by atoms with Crippen LogP contribution in [0.25, 0.3) is 0 Å². The third-order valence-corrected chi connectivity index (χ3v) is 3.60. The molecule has 1 aromatic heterocycles. The molecule has 0 bridgehead atoms. The second kappa shape index (κ2) is 9.99. The van der Waals surface area contributed by atoms with Crippen molar-refractivity contribution in [3.63, 3.8) is 0 Å². The Balaban J connectivity index is 0.00000220. The van der Waals surface area contributed by atoms with Gasteiger partial charge in [0.15, 0.2) is 0 Å². The highest BCUT2D eigenvalue weighted by Crippen LogP contribution is 2.09. The van der Waals surface area contributed by atoms with Crippen molar-refractivity contribution >= 4 is 52.6 Å². The second-order valence-electron chi connectivity index (χ2n) is 4.65. The van der Waals surface area contributed by atoms with Gasteiger partial charge in [-0.1, -0.05) is 0 Å². The fraction of sp³-hybridized carbons (Fsp3) is 0.462. The maximum Gasteiger partial charge on any atom is 0.272 e. The number of hydrogen-bond donors (Lipinski definition) is 1. The summed E-state index contributed by atoms with van der Waals surface area (Å²) in [6, 6.07) is 3.39. The van der Waals surface area contributed by atoms with E-state index in [2.05, 4.69) is 26.2 Å². The molecule has 2 amide bonds. The van der Waals surface area contributed by atoms with Crippen molar-refractivity contribution in [3.8, 4) is 0 Å². The molecule has 0 saturated carbocycles. The Morgan fingerprint density at radius 3 is 2.50 bits per heavy atom. The lowest BCUT2D eigenvalue weighted by atomic mass is 10.3. The summed E-state index contributed by atoms with van der Waals surface area (Å²) in [6.07, 6.45) is 1.57. The smallest absolute Gasteiger partial charge is 0.272 e. The molecule has 1 N–H and O–H groups in total. The molecule has 0 unspecified atom stereocenters. The molecule has 6 nitrogen and oxygen atoms in total. The van der Waals surface area contributed by atoms with E-state index >= 15 is 0 Å². The van der Waals surface area contributed by atoms with Crippen LogP contribution in [0.1, 0.15) is 10.5 Å². The number of hydrogen-bond acceptors (Lipinski definition) is 4. The number of aromatic nitrogens is 1. The molecule has 0 spiro atoms. The fourth-order valence-electron chi connectivity index (χ4n) is 1.99. The van der Waals surface area contributed by atoms with Gasteiger partial charge in [-0.25, -0.2) is 4.98 Å². The highest BCUT2D eigenvalue weighted by Gasteiger charge is 2.21. The first kappa shape index (κ1) is 21.1. The lowest BCUT2D eigenvalue weighted by Crippen LogP contribution is -2.49. The third kappa shape index (κ3) is 5.72. The maximum atomic E-state index is 12.1. The summed E-state index contributed by atoms with van der Waals surface area (Å²) in [7, 11) is 1.62. The van der Waals surface area contributed by atoms with Crippen LogP contribution in [0.15, 0.2) is 22.8 Å². The standard InChI is InChI=1S/C13H17BrN4O2.2ClH/c1-17(9-12(19)18-6-4-15-5-7-18)13(20)11-3-2-10(14)8-16-11;;/h2-3,8,15H,4-7,9H2,1H3;2*1H. The van der Waals surface area contributed by atoms with Crippen molar-refractivity contribution < 1.29 is 9.59 Å². The monoisotopic (exact) mass is 412 g/mol. The van der Waals surface area contributed by atoms with Crippen LogP contribution >= 0.6 is 40.7 Å². The predicted molar refractivity (Wildman–Crippen MR) is 92.8 cm³/mol. The molecule has 1 saturated heterocycles. The first-order valence-electron chi connectivity index (χ1n) is 6.43. The summed E-state index contributed by atoms with van der Waals surface area (Å²) in [5, 5.41) is 3.19. The normalized spacial score (nSPS) is 13.6. The number of carbonyl (C=O) groups excluding carboxylic acids is 2. The van der Waals surface area contributed by atoms with Crippen LogP contribution in [0, 0.1) is 0 Å². The van der Waals surface area contributed by atoms with Crippen molar-refractivity contribution in [3.05, 3.63) is 28.5 Å². The van der Waals surface area contributed by atoms with Gasteiger partial charge in [0, 0.05) is 43.9 Å². The van der Waals surface area contributed by atoms with Crippen LogP contribution in [-0.2, 0) is 4.79 Å². The number of rotatable bonds is 3. The van der Waals surface area contributed by atoms with E-state index in [4.69, 9.17) is 0 Å². The Kier molecular flexibility index (Phi) is 9.59. The molecule has 0 atom stereocenters. The highest BCUT2D eigenvalue weighted by molar-refractivity contribution is 9.10. The quantitative estimate of drug-likeness (QED) is 0.808. The minimum absolute atomic E-state index is 0. The van der Waals surface area contributed by atoms with Crippen LogP contribution in [0.5, 0.6) is 0 Å². The minimum Gasteiger partial charge on any atom is -0.339 e. The summed E-state index contributed by atoms with van der Waals surface area (Å²) in [5.74, 6) is -0.277. The van der Waals surface area contributed by atoms with Crippen molar-refractivity contribution in [2.45, 2.75) is 0 Å². The van der Waals surface area contributed by atoms with E-state index < -0.39 is 0 Å². The molecular formula is C13H19BrCl2N4O2. The van der Waals surface area contributed by atoms with Gasteiger partial charge in [0.1, 0.15) is 5.69 Å². The number of likely N-dealkylation sites (N-methyl/N-ethyl adjacent to an activating group) is 1. The first-order valence-corrected chi connectivity index (χ1v) is 7.23. The number of nitrogens with one attached hydrogen (secondary N) is 1. The van der Waals surface area contributed by atoms with E-state index in [9.17, 15) is 9.59 Å². The molecule has 0 aromatic carbocycles. The van der Waals surface area contributed by atoms with Gasteiger partial charge >= 0.3 is 0 Å². The lowest BCUT2D eigenvalue weighted by Gasteiger charge is -2.29. The van der Waals surface area contributed by atoms with Crippen LogP contribution < -0.4 is 5.32 Å². The third-order valence-electron chi connectivity index (χ3n) is 3.14. The van der Waals surface area contributed by atoms with Crippen LogP contribution in [0.3, 0.4) is 0 Å². The molecule has 124 valence electrons. The van der Waals surface area contributed by atoms with Gasteiger partial charge in [-0.15, -0.1) is 24.8 Å². The van der Waals surface area contributed by atoms with Gasteiger partial charge in [0.2, 0.25) is 5.91 Å². The topological polar surface area (TPSA) is 65.5 Å². The first-order chi connectivity index (χ1) is 9.58. The average molecular weight is 414 g/mol. The Morgan fingerprint density at radius 2 is 1.95 bits per heavy atom. The van der Waals surface area contributed by atoms with E-state index in [0.29, 0.717) is 18.8 Å². The van der Waals surface area contributed by atoms with Crippen LogP contribution in [0.4, 0.5) is 0 Å². The number of piperazine rings is 1.